The number of carbonyl (C=O) groups excluding carboxylic acids is 1. The molecule has 1 heterocycles. The van der Waals surface area contributed by atoms with E-state index < -0.39 is 22.0 Å². The first-order valence-electron chi connectivity index (χ1n) is 7.16. The molecule has 3 rings (SSSR count). The standard InChI is InChI=1S/C16H18N2O4S/c1-17(2)12-7-8-13-11(9-12)5-4-6-15(13)23(20,21)18-10-14(18)16(19)22-3/h4-9,14H,10H2,1-3H3/t14-,18?/m1/s1. The highest BCUT2D eigenvalue weighted by Crippen LogP contribution is 2.34. The van der Waals surface area contributed by atoms with E-state index in [-0.39, 0.29) is 11.4 Å². The van der Waals surface area contributed by atoms with Crippen LogP contribution in [-0.4, -0.2) is 52.5 Å². The predicted molar refractivity (Wildman–Crippen MR) is 88.0 cm³/mol. The first kappa shape index (κ1) is 15.8. The van der Waals surface area contributed by atoms with Crippen molar-refractivity contribution in [3.63, 3.8) is 0 Å². The minimum Gasteiger partial charge on any atom is -0.468 e. The molecule has 122 valence electrons. The minimum absolute atomic E-state index is 0.168. The number of ether oxygens (including phenoxy) is 1. The normalized spacial score (nSPS) is 20.3. The second-order valence-corrected chi connectivity index (χ2v) is 7.53. The zero-order valence-corrected chi connectivity index (χ0v) is 14.0. The molecule has 1 unspecified atom stereocenters. The first-order chi connectivity index (χ1) is 10.9. The van der Waals surface area contributed by atoms with Crippen molar-refractivity contribution in [2.24, 2.45) is 0 Å². The van der Waals surface area contributed by atoms with Crippen LogP contribution in [0.25, 0.3) is 10.8 Å². The van der Waals surface area contributed by atoms with Gasteiger partial charge in [-0.2, -0.15) is 4.31 Å². The molecule has 1 fully saturated rings. The molecular weight excluding hydrogens is 316 g/mol. The van der Waals surface area contributed by atoms with Crippen LogP contribution >= 0.6 is 0 Å². The molecule has 2 atom stereocenters. The van der Waals surface area contributed by atoms with Crippen molar-refractivity contribution in [1.82, 2.24) is 4.31 Å². The second kappa shape index (κ2) is 5.50. The molecule has 0 spiro atoms. The summed E-state index contributed by atoms with van der Waals surface area (Å²) in [4.78, 5) is 13.7. The summed E-state index contributed by atoms with van der Waals surface area (Å²) < 4.78 is 31.3. The maximum absolute atomic E-state index is 12.8. The quantitative estimate of drug-likeness (QED) is 0.625. The highest BCUT2D eigenvalue weighted by atomic mass is 32.2. The summed E-state index contributed by atoms with van der Waals surface area (Å²) in [6.07, 6.45) is 0. The molecule has 1 aliphatic heterocycles. The molecule has 2 aromatic rings. The first-order valence-corrected chi connectivity index (χ1v) is 8.60. The summed E-state index contributed by atoms with van der Waals surface area (Å²) in [6, 6.07) is 10.1. The number of esters is 1. The van der Waals surface area contributed by atoms with E-state index in [1.807, 2.05) is 37.2 Å². The third-order valence-electron chi connectivity index (χ3n) is 3.97. The van der Waals surface area contributed by atoms with Gasteiger partial charge in [-0.3, -0.25) is 4.79 Å². The van der Waals surface area contributed by atoms with Gasteiger partial charge in [0.05, 0.1) is 12.0 Å². The molecule has 1 saturated heterocycles. The number of carbonyl (C=O) groups is 1. The Morgan fingerprint density at radius 1 is 1.26 bits per heavy atom. The molecule has 7 heteroatoms. The maximum Gasteiger partial charge on any atom is 0.325 e. The topological polar surface area (TPSA) is 66.7 Å². The number of hydrogen-bond donors (Lipinski definition) is 0. The highest BCUT2D eigenvalue weighted by molar-refractivity contribution is 7.89. The average Bonchev–Trinajstić information content (AvgIpc) is 3.34. The molecule has 0 radical (unpaired) electrons. The Labute approximate surface area is 135 Å². The predicted octanol–water partition coefficient (Wildman–Crippen LogP) is 1.45. The summed E-state index contributed by atoms with van der Waals surface area (Å²) in [5, 5.41) is 1.49. The van der Waals surface area contributed by atoms with E-state index in [0.29, 0.717) is 5.39 Å². The van der Waals surface area contributed by atoms with Gasteiger partial charge in [0.15, 0.2) is 0 Å². The molecule has 6 nitrogen and oxygen atoms in total. The fourth-order valence-electron chi connectivity index (χ4n) is 2.59. The third kappa shape index (κ3) is 2.66. The van der Waals surface area contributed by atoms with Crippen LogP contribution < -0.4 is 4.90 Å². The number of methoxy groups -OCH3 is 1. The van der Waals surface area contributed by atoms with Crippen molar-refractivity contribution in [1.29, 1.82) is 0 Å². The van der Waals surface area contributed by atoms with Crippen molar-refractivity contribution in [2.75, 3.05) is 32.6 Å². The Kier molecular flexibility index (Phi) is 3.77. The molecule has 0 N–H and O–H groups in total. The van der Waals surface area contributed by atoms with E-state index in [1.165, 1.54) is 7.11 Å². The van der Waals surface area contributed by atoms with Gasteiger partial charge in [0.2, 0.25) is 10.0 Å². The van der Waals surface area contributed by atoms with Crippen molar-refractivity contribution in [3.05, 3.63) is 36.4 Å². The number of hydrogen-bond acceptors (Lipinski definition) is 5. The number of sulfonamides is 1. The van der Waals surface area contributed by atoms with Crippen LogP contribution in [0.5, 0.6) is 0 Å². The maximum atomic E-state index is 12.8. The highest BCUT2D eigenvalue weighted by Gasteiger charge is 2.50. The Morgan fingerprint density at radius 2 is 2.00 bits per heavy atom. The van der Waals surface area contributed by atoms with Crippen molar-refractivity contribution in [2.45, 2.75) is 10.9 Å². The minimum atomic E-state index is -3.71. The lowest BCUT2D eigenvalue weighted by Crippen LogP contribution is -2.20. The fraction of sp³-hybridized carbons (Fsp3) is 0.312. The largest absolute Gasteiger partial charge is 0.468 e. The molecule has 0 saturated carbocycles. The van der Waals surface area contributed by atoms with Gasteiger partial charge in [-0.05, 0) is 23.6 Å². The zero-order valence-electron chi connectivity index (χ0n) is 13.2. The zero-order chi connectivity index (χ0) is 16.8. The van der Waals surface area contributed by atoms with Gasteiger partial charge in [-0.1, -0.05) is 18.2 Å². The Hall–Kier alpha value is -2.12. The summed E-state index contributed by atoms with van der Waals surface area (Å²) in [5.41, 5.74) is 0.992. The monoisotopic (exact) mass is 334 g/mol. The van der Waals surface area contributed by atoms with E-state index in [2.05, 4.69) is 4.74 Å². The molecule has 1 aliphatic rings. The van der Waals surface area contributed by atoms with E-state index in [0.717, 1.165) is 15.4 Å². The lowest BCUT2D eigenvalue weighted by molar-refractivity contribution is -0.140. The van der Waals surface area contributed by atoms with Crippen LogP contribution in [0.4, 0.5) is 5.69 Å². The van der Waals surface area contributed by atoms with E-state index in [9.17, 15) is 13.2 Å². The van der Waals surface area contributed by atoms with E-state index in [1.54, 1.807) is 18.2 Å². The Morgan fingerprint density at radius 3 is 2.65 bits per heavy atom. The van der Waals surface area contributed by atoms with E-state index >= 15 is 0 Å². The van der Waals surface area contributed by atoms with Crippen LogP contribution in [0.1, 0.15) is 0 Å². The molecule has 0 amide bonds. The van der Waals surface area contributed by atoms with Crippen molar-refractivity contribution < 1.29 is 17.9 Å². The molecule has 0 aliphatic carbocycles. The fourth-order valence-corrected chi connectivity index (χ4v) is 4.31. The van der Waals surface area contributed by atoms with Gasteiger partial charge in [0, 0.05) is 31.7 Å². The summed E-state index contributed by atoms with van der Waals surface area (Å²) >= 11 is 0. The molecule has 0 bridgehead atoms. The van der Waals surface area contributed by atoms with Crippen molar-refractivity contribution in [3.8, 4) is 0 Å². The van der Waals surface area contributed by atoms with Crippen LogP contribution in [0, 0.1) is 0 Å². The van der Waals surface area contributed by atoms with Crippen LogP contribution in [0.15, 0.2) is 41.3 Å². The van der Waals surface area contributed by atoms with Gasteiger partial charge in [0.1, 0.15) is 6.04 Å². The van der Waals surface area contributed by atoms with Gasteiger partial charge < -0.3 is 9.64 Å². The number of anilines is 1. The van der Waals surface area contributed by atoms with E-state index in [4.69, 9.17) is 0 Å². The SMILES string of the molecule is COC(=O)[C@H]1CN1S(=O)(=O)c1cccc2cc(N(C)C)ccc12. The molecule has 23 heavy (non-hydrogen) atoms. The van der Waals surface area contributed by atoms with Crippen LogP contribution in [-0.2, 0) is 19.6 Å². The average molecular weight is 334 g/mol. The molecule has 2 aromatic carbocycles. The van der Waals surface area contributed by atoms with Gasteiger partial charge in [0.25, 0.3) is 0 Å². The lowest BCUT2D eigenvalue weighted by Gasteiger charge is -2.14. The molecule has 0 aromatic heterocycles. The summed E-state index contributed by atoms with van der Waals surface area (Å²) in [6.45, 7) is 0.168. The van der Waals surface area contributed by atoms with Gasteiger partial charge in [-0.15, -0.1) is 0 Å². The van der Waals surface area contributed by atoms with Gasteiger partial charge in [-0.25, -0.2) is 8.42 Å². The third-order valence-corrected chi connectivity index (χ3v) is 5.90. The van der Waals surface area contributed by atoms with Crippen LogP contribution in [0.2, 0.25) is 0 Å². The van der Waals surface area contributed by atoms with Gasteiger partial charge >= 0.3 is 5.97 Å². The summed E-state index contributed by atoms with van der Waals surface area (Å²) in [7, 11) is 1.40. The molecular formula is C16H18N2O4S. The Balaban J connectivity index is 2.05. The number of rotatable bonds is 4. The lowest BCUT2D eigenvalue weighted by atomic mass is 10.1. The second-order valence-electron chi connectivity index (χ2n) is 5.67. The van der Waals surface area contributed by atoms with Crippen molar-refractivity contribution >= 4 is 32.5 Å². The van der Waals surface area contributed by atoms with Crippen LogP contribution in [0.3, 0.4) is 0 Å². The smallest absolute Gasteiger partial charge is 0.325 e. The number of benzene rings is 2. The summed E-state index contributed by atoms with van der Waals surface area (Å²) in [5.74, 6) is -0.524. The Bertz CT molecular complexity index is 877. The number of fused-ring (bicyclic) bond motifs is 1. The number of nitrogens with zero attached hydrogens (tertiary/aromatic N) is 2.